The van der Waals surface area contributed by atoms with Crippen LogP contribution in [0.4, 0.5) is 0 Å². The summed E-state index contributed by atoms with van der Waals surface area (Å²) in [6, 6.07) is 17.6. The summed E-state index contributed by atoms with van der Waals surface area (Å²) in [5, 5.41) is 11.2. The van der Waals surface area contributed by atoms with Crippen molar-refractivity contribution in [3.05, 3.63) is 70.7 Å². The number of halogens is 1. The Bertz CT molecular complexity index is 506. The second kappa shape index (κ2) is 5.55. The van der Waals surface area contributed by atoms with E-state index in [9.17, 15) is 5.11 Å². The lowest BCUT2D eigenvalue weighted by Crippen LogP contribution is -2.22. The predicted molar refractivity (Wildman–Crippen MR) is 75.8 cm³/mol. The summed E-state index contributed by atoms with van der Waals surface area (Å²) in [4.78, 5) is 0. The molecule has 0 fully saturated rings. The summed E-state index contributed by atoms with van der Waals surface area (Å²) in [5.41, 5.74) is 1.13. The molecule has 0 aliphatic carbocycles. The van der Waals surface area contributed by atoms with Gasteiger partial charge in [-0.15, -0.1) is 0 Å². The Balaban J connectivity index is 2.11. The molecule has 0 amide bonds. The zero-order valence-electron chi connectivity index (χ0n) is 10.4. The number of hydrogen-bond acceptors (Lipinski definition) is 1. The summed E-state index contributed by atoms with van der Waals surface area (Å²) in [6.07, 6.45) is 1.49. The van der Waals surface area contributed by atoms with Crippen LogP contribution in [0.2, 0.25) is 5.02 Å². The molecule has 0 heterocycles. The van der Waals surface area contributed by atoms with Crippen molar-refractivity contribution in [3.8, 4) is 0 Å². The minimum atomic E-state index is -0.895. The van der Waals surface area contributed by atoms with Crippen LogP contribution in [-0.2, 0) is 12.0 Å². The molecule has 2 rings (SSSR count). The third-order valence-electron chi connectivity index (χ3n) is 3.20. The number of aliphatic hydroxyl groups is 1. The molecule has 0 bridgehead atoms. The number of aryl methyl sites for hydroxylation is 1. The standard InChI is InChI=1S/C16H17ClO/c1-16(18,14-9-5-6-10-15(14)17)12-11-13-7-3-2-4-8-13/h2-10,18H,11-12H2,1H3. The minimum Gasteiger partial charge on any atom is -0.385 e. The second-order valence-electron chi connectivity index (χ2n) is 4.74. The molecule has 0 saturated carbocycles. The summed E-state index contributed by atoms with van der Waals surface area (Å²) < 4.78 is 0. The fourth-order valence-electron chi connectivity index (χ4n) is 2.07. The highest BCUT2D eigenvalue weighted by Gasteiger charge is 2.24. The first kappa shape index (κ1) is 13.1. The van der Waals surface area contributed by atoms with E-state index in [-0.39, 0.29) is 0 Å². The lowest BCUT2D eigenvalue weighted by Gasteiger charge is -2.25. The molecule has 0 spiro atoms. The van der Waals surface area contributed by atoms with E-state index in [2.05, 4.69) is 12.1 Å². The van der Waals surface area contributed by atoms with E-state index in [1.54, 1.807) is 0 Å². The summed E-state index contributed by atoms with van der Waals surface area (Å²) in [6.45, 7) is 1.82. The van der Waals surface area contributed by atoms with E-state index in [1.165, 1.54) is 5.56 Å². The van der Waals surface area contributed by atoms with Gasteiger partial charge in [0.05, 0.1) is 5.60 Å². The molecule has 0 saturated heterocycles. The Morgan fingerprint density at radius 2 is 1.61 bits per heavy atom. The predicted octanol–water partition coefficient (Wildman–Crippen LogP) is 4.18. The first-order valence-electron chi connectivity index (χ1n) is 6.11. The van der Waals surface area contributed by atoms with E-state index >= 15 is 0 Å². The van der Waals surface area contributed by atoms with E-state index in [1.807, 2.05) is 49.4 Å². The lowest BCUT2D eigenvalue weighted by atomic mass is 9.89. The SMILES string of the molecule is CC(O)(CCc1ccccc1)c1ccccc1Cl. The molecule has 94 valence electrons. The highest BCUT2D eigenvalue weighted by atomic mass is 35.5. The van der Waals surface area contributed by atoms with Gasteiger partial charge in [-0.2, -0.15) is 0 Å². The van der Waals surface area contributed by atoms with Gasteiger partial charge in [-0.1, -0.05) is 60.1 Å². The van der Waals surface area contributed by atoms with Crippen molar-refractivity contribution in [3.63, 3.8) is 0 Å². The van der Waals surface area contributed by atoms with Crippen LogP contribution in [0, 0.1) is 0 Å². The smallest absolute Gasteiger partial charge is 0.0886 e. The largest absolute Gasteiger partial charge is 0.385 e. The number of rotatable bonds is 4. The molecule has 0 aliphatic rings. The molecule has 1 N–H and O–H groups in total. The zero-order chi connectivity index (χ0) is 13.0. The van der Waals surface area contributed by atoms with Crippen LogP contribution >= 0.6 is 11.6 Å². The maximum Gasteiger partial charge on any atom is 0.0886 e. The van der Waals surface area contributed by atoms with Gasteiger partial charge in [0.2, 0.25) is 0 Å². The van der Waals surface area contributed by atoms with E-state index in [4.69, 9.17) is 11.6 Å². The molecular formula is C16H17ClO. The molecule has 1 unspecified atom stereocenters. The van der Waals surface area contributed by atoms with Crippen molar-refractivity contribution >= 4 is 11.6 Å². The highest BCUT2D eigenvalue weighted by molar-refractivity contribution is 6.31. The van der Waals surface area contributed by atoms with Crippen molar-refractivity contribution in [2.24, 2.45) is 0 Å². The number of hydrogen-bond donors (Lipinski definition) is 1. The van der Waals surface area contributed by atoms with Gasteiger partial charge in [0.15, 0.2) is 0 Å². The van der Waals surface area contributed by atoms with Gasteiger partial charge in [0.25, 0.3) is 0 Å². The third kappa shape index (κ3) is 3.12. The summed E-state index contributed by atoms with van der Waals surface area (Å²) >= 11 is 6.13. The Morgan fingerprint density at radius 3 is 2.28 bits per heavy atom. The fraction of sp³-hybridized carbons (Fsp3) is 0.250. The Morgan fingerprint density at radius 1 is 1.00 bits per heavy atom. The maximum atomic E-state index is 10.5. The Hall–Kier alpha value is -1.31. The normalized spacial score (nSPS) is 14.2. The minimum absolute atomic E-state index is 0.621. The van der Waals surface area contributed by atoms with Crippen molar-refractivity contribution in [2.45, 2.75) is 25.4 Å². The van der Waals surface area contributed by atoms with Gasteiger partial charge in [-0.25, -0.2) is 0 Å². The third-order valence-corrected chi connectivity index (χ3v) is 3.53. The van der Waals surface area contributed by atoms with E-state index in [0.29, 0.717) is 11.4 Å². The van der Waals surface area contributed by atoms with Crippen LogP contribution in [0.3, 0.4) is 0 Å². The molecule has 0 aliphatic heterocycles. The monoisotopic (exact) mass is 260 g/mol. The topological polar surface area (TPSA) is 20.2 Å². The average Bonchev–Trinajstić information content (AvgIpc) is 2.38. The molecule has 2 aromatic carbocycles. The first-order chi connectivity index (χ1) is 8.59. The van der Waals surface area contributed by atoms with Gasteiger partial charge >= 0.3 is 0 Å². The van der Waals surface area contributed by atoms with Crippen molar-refractivity contribution < 1.29 is 5.11 Å². The fourth-order valence-corrected chi connectivity index (χ4v) is 2.40. The summed E-state index contributed by atoms with van der Waals surface area (Å²) in [7, 11) is 0. The van der Waals surface area contributed by atoms with Crippen LogP contribution in [0.5, 0.6) is 0 Å². The van der Waals surface area contributed by atoms with E-state index < -0.39 is 5.60 Å². The van der Waals surface area contributed by atoms with Gasteiger partial charge in [-0.3, -0.25) is 0 Å². The molecular weight excluding hydrogens is 244 g/mol. The molecule has 18 heavy (non-hydrogen) atoms. The van der Waals surface area contributed by atoms with Crippen LogP contribution in [0.15, 0.2) is 54.6 Å². The van der Waals surface area contributed by atoms with Gasteiger partial charge < -0.3 is 5.11 Å². The molecule has 0 aromatic heterocycles. The van der Waals surface area contributed by atoms with Crippen LogP contribution < -0.4 is 0 Å². The van der Waals surface area contributed by atoms with Crippen molar-refractivity contribution in [1.82, 2.24) is 0 Å². The molecule has 1 nitrogen and oxygen atoms in total. The first-order valence-corrected chi connectivity index (χ1v) is 6.49. The molecule has 2 heteroatoms. The molecule has 2 aromatic rings. The van der Waals surface area contributed by atoms with Gasteiger partial charge in [0.1, 0.15) is 0 Å². The lowest BCUT2D eigenvalue weighted by molar-refractivity contribution is 0.0482. The van der Waals surface area contributed by atoms with Crippen molar-refractivity contribution in [2.75, 3.05) is 0 Å². The highest BCUT2D eigenvalue weighted by Crippen LogP contribution is 2.31. The Kier molecular flexibility index (Phi) is 4.05. The van der Waals surface area contributed by atoms with Gasteiger partial charge in [0, 0.05) is 10.6 Å². The van der Waals surface area contributed by atoms with Crippen LogP contribution in [-0.4, -0.2) is 5.11 Å². The zero-order valence-corrected chi connectivity index (χ0v) is 11.2. The second-order valence-corrected chi connectivity index (χ2v) is 5.15. The Labute approximate surface area is 113 Å². The maximum absolute atomic E-state index is 10.5. The van der Waals surface area contributed by atoms with Crippen LogP contribution in [0.1, 0.15) is 24.5 Å². The van der Waals surface area contributed by atoms with Crippen molar-refractivity contribution in [1.29, 1.82) is 0 Å². The van der Waals surface area contributed by atoms with Crippen LogP contribution in [0.25, 0.3) is 0 Å². The number of benzene rings is 2. The molecule has 1 atom stereocenters. The molecule has 0 radical (unpaired) electrons. The average molecular weight is 261 g/mol. The van der Waals surface area contributed by atoms with Gasteiger partial charge in [-0.05, 0) is 31.4 Å². The summed E-state index contributed by atoms with van der Waals surface area (Å²) in [5.74, 6) is 0. The quantitative estimate of drug-likeness (QED) is 0.874. The van der Waals surface area contributed by atoms with E-state index in [0.717, 1.165) is 12.0 Å².